The molecule has 0 atom stereocenters. The lowest BCUT2D eigenvalue weighted by Gasteiger charge is -2.08. The fourth-order valence-electron chi connectivity index (χ4n) is 2.63. The first-order chi connectivity index (χ1) is 15.0. The molecule has 3 rings (SSSR count). The van der Waals surface area contributed by atoms with E-state index in [2.05, 4.69) is 5.32 Å². The summed E-state index contributed by atoms with van der Waals surface area (Å²) in [5, 5.41) is 3.33. The number of nitrogens with one attached hydrogen (secondary N) is 1. The van der Waals surface area contributed by atoms with Gasteiger partial charge in [0.25, 0.3) is 5.91 Å². The average Bonchev–Trinajstić information content (AvgIpc) is 2.78. The van der Waals surface area contributed by atoms with Gasteiger partial charge in [0.1, 0.15) is 12.4 Å². The fraction of sp³-hybridized carbons (Fsp3) is 0.120. The highest BCUT2D eigenvalue weighted by Crippen LogP contribution is 2.19. The molecule has 0 aliphatic carbocycles. The Kier molecular flexibility index (Phi) is 7.85. The van der Waals surface area contributed by atoms with E-state index in [1.54, 1.807) is 30.3 Å². The summed E-state index contributed by atoms with van der Waals surface area (Å²) in [7, 11) is 0. The van der Waals surface area contributed by atoms with E-state index >= 15 is 0 Å². The first-order valence-corrected chi connectivity index (χ1v) is 10.0. The summed E-state index contributed by atoms with van der Waals surface area (Å²) in [5.41, 5.74) is 3.45. The van der Waals surface area contributed by atoms with Crippen LogP contribution in [0.15, 0.2) is 78.9 Å². The van der Waals surface area contributed by atoms with Crippen molar-refractivity contribution in [3.63, 3.8) is 0 Å². The number of benzene rings is 3. The summed E-state index contributed by atoms with van der Waals surface area (Å²) < 4.78 is 10.7. The van der Waals surface area contributed by atoms with Crippen LogP contribution >= 0.6 is 11.6 Å². The molecular weight excluding hydrogens is 414 g/mol. The Morgan fingerprint density at radius 1 is 0.968 bits per heavy atom. The highest BCUT2D eigenvalue weighted by atomic mass is 35.5. The lowest BCUT2D eigenvalue weighted by Crippen LogP contribution is -2.20. The van der Waals surface area contributed by atoms with Crippen LogP contribution in [0.25, 0.3) is 6.08 Å². The maximum atomic E-state index is 11.9. The number of carbonyl (C=O) groups excluding carboxylic acids is 2. The standard InChI is InChI=1S/C25H22ClNO4/c1-18-6-11-21(12-7-18)27-24(28)17-31-25(29)15-10-19-8-13-22(14-9-19)30-16-20-4-2-3-5-23(20)26/h2-15H,16-17H2,1H3,(H,27,28)/b15-10+. The predicted octanol–water partition coefficient (Wildman–Crippen LogP) is 5.42. The molecule has 0 bridgehead atoms. The van der Waals surface area contributed by atoms with E-state index in [9.17, 15) is 9.59 Å². The number of halogens is 1. The van der Waals surface area contributed by atoms with Gasteiger partial charge in [0.05, 0.1) is 0 Å². The number of hydrogen-bond acceptors (Lipinski definition) is 4. The molecule has 1 N–H and O–H groups in total. The van der Waals surface area contributed by atoms with Gasteiger partial charge in [-0.3, -0.25) is 4.79 Å². The Bertz CT molecular complexity index is 1060. The van der Waals surface area contributed by atoms with Gasteiger partial charge in [0.15, 0.2) is 6.61 Å². The van der Waals surface area contributed by atoms with Gasteiger partial charge in [-0.05, 0) is 48.9 Å². The van der Waals surface area contributed by atoms with Gasteiger partial charge in [-0.1, -0.05) is 59.6 Å². The van der Waals surface area contributed by atoms with Crippen molar-refractivity contribution in [2.24, 2.45) is 0 Å². The van der Waals surface area contributed by atoms with Crippen LogP contribution in [-0.4, -0.2) is 18.5 Å². The van der Waals surface area contributed by atoms with Crippen molar-refractivity contribution in [1.82, 2.24) is 0 Å². The summed E-state index contributed by atoms with van der Waals surface area (Å²) in [5.74, 6) is -0.309. The van der Waals surface area contributed by atoms with Crippen molar-refractivity contribution in [3.8, 4) is 5.75 Å². The molecule has 3 aromatic carbocycles. The summed E-state index contributed by atoms with van der Waals surface area (Å²) in [6.45, 7) is 1.97. The maximum absolute atomic E-state index is 11.9. The Hall–Kier alpha value is -3.57. The molecule has 0 aliphatic rings. The third kappa shape index (κ3) is 7.32. The Morgan fingerprint density at radius 3 is 2.39 bits per heavy atom. The number of ether oxygens (including phenoxy) is 2. The molecule has 0 aliphatic heterocycles. The Balaban J connectivity index is 1.43. The minimum atomic E-state index is -0.599. The Morgan fingerprint density at radius 2 is 1.68 bits per heavy atom. The smallest absolute Gasteiger partial charge is 0.331 e. The minimum Gasteiger partial charge on any atom is -0.489 e. The van der Waals surface area contributed by atoms with Crippen LogP contribution in [0.5, 0.6) is 5.75 Å². The fourth-order valence-corrected chi connectivity index (χ4v) is 2.83. The number of aryl methyl sites for hydroxylation is 1. The second kappa shape index (κ2) is 11.0. The predicted molar refractivity (Wildman–Crippen MR) is 122 cm³/mol. The zero-order chi connectivity index (χ0) is 22.1. The van der Waals surface area contributed by atoms with E-state index in [1.165, 1.54) is 6.08 Å². The molecule has 0 saturated heterocycles. The minimum absolute atomic E-state index is 0.355. The van der Waals surface area contributed by atoms with Gasteiger partial charge in [-0.15, -0.1) is 0 Å². The first-order valence-electron chi connectivity index (χ1n) is 9.67. The molecule has 0 heterocycles. The van der Waals surface area contributed by atoms with Gasteiger partial charge in [-0.25, -0.2) is 4.79 Å². The van der Waals surface area contributed by atoms with E-state index in [4.69, 9.17) is 21.1 Å². The second-order valence-corrected chi connectivity index (χ2v) is 7.21. The number of carbonyl (C=O) groups is 2. The molecule has 0 fully saturated rings. The lowest BCUT2D eigenvalue weighted by atomic mass is 10.2. The van der Waals surface area contributed by atoms with Crippen LogP contribution < -0.4 is 10.1 Å². The van der Waals surface area contributed by atoms with Gasteiger partial charge >= 0.3 is 5.97 Å². The van der Waals surface area contributed by atoms with Gasteiger partial charge in [0.2, 0.25) is 0 Å². The van der Waals surface area contributed by atoms with E-state index in [0.29, 0.717) is 23.1 Å². The van der Waals surface area contributed by atoms with E-state index in [1.807, 2.05) is 55.5 Å². The van der Waals surface area contributed by atoms with E-state index in [-0.39, 0.29) is 6.61 Å². The highest BCUT2D eigenvalue weighted by molar-refractivity contribution is 6.31. The van der Waals surface area contributed by atoms with Gasteiger partial charge in [-0.2, -0.15) is 0 Å². The first kappa shape index (κ1) is 22.1. The van der Waals surface area contributed by atoms with Gasteiger partial charge in [0, 0.05) is 22.3 Å². The van der Waals surface area contributed by atoms with Crippen LogP contribution in [0.2, 0.25) is 5.02 Å². The van der Waals surface area contributed by atoms with E-state index < -0.39 is 11.9 Å². The van der Waals surface area contributed by atoms with Crippen LogP contribution in [0.1, 0.15) is 16.7 Å². The molecular formula is C25H22ClNO4. The van der Waals surface area contributed by atoms with E-state index in [0.717, 1.165) is 16.7 Å². The third-order valence-corrected chi connectivity index (χ3v) is 4.69. The quantitative estimate of drug-likeness (QED) is 0.379. The monoisotopic (exact) mass is 435 g/mol. The molecule has 1 amide bonds. The molecule has 0 radical (unpaired) electrons. The largest absolute Gasteiger partial charge is 0.489 e. The summed E-state index contributed by atoms with van der Waals surface area (Å²) in [6, 6.07) is 22.1. The van der Waals surface area contributed by atoms with Gasteiger partial charge < -0.3 is 14.8 Å². The third-order valence-electron chi connectivity index (χ3n) is 4.32. The highest BCUT2D eigenvalue weighted by Gasteiger charge is 2.06. The van der Waals surface area contributed by atoms with Crippen LogP contribution in [-0.2, 0) is 20.9 Å². The summed E-state index contributed by atoms with van der Waals surface area (Å²) in [6.07, 6.45) is 2.89. The number of anilines is 1. The van der Waals surface area contributed by atoms with Crippen LogP contribution in [0, 0.1) is 6.92 Å². The molecule has 0 saturated carbocycles. The van der Waals surface area contributed by atoms with Crippen molar-refractivity contribution in [1.29, 1.82) is 0 Å². The van der Waals surface area contributed by atoms with Crippen LogP contribution in [0.3, 0.4) is 0 Å². The SMILES string of the molecule is Cc1ccc(NC(=O)COC(=O)/C=C/c2ccc(OCc3ccccc3Cl)cc2)cc1. The molecule has 0 spiro atoms. The molecule has 6 heteroatoms. The molecule has 0 unspecified atom stereocenters. The molecule has 31 heavy (non-hydrogen) atoms. The normalized spacial score (nSPS) is 10.6. The van der Waals surface area contributed by atoms with Crippen molar-refractivity contribution >= 4 is 35.2 Å². The average molecular weight is 436 g/mol. The summed E-state index contributed by atoms with van der Waals surface area (Å²) in [4.78, 5) is 23.7. The lowest BCUT2D eigenvalue weighted by molar-refractivity contribution is -0.142. The molecule has 5 nitrogen and oxygen atoms in total. The van der Waals surface area contributed by atoms with Crippen molar-refractivity contribution in [3.05, 3.63) is 101 Å². The molecule has 0 aromatic heterocycles. The number of amides is 1. The topological polar surface area (TPSA) is 64.6 Å². The molecule has 158 valence electrons. The maximum Gasteiger partial charge on any atom is 0.331 e. The zero-order valence-electron chi connectivity index (χ0n) is 17.0. The van der Waals surface area contributed by atoms with Crippen molar-refractivity contribution < 1.29 is 19.1 Å². The number of esters is 1. The zero-order valence-corrected chi connectivity index (χ0v) is 17.8. The number of rotatable bonds is 8. The van der Waals surface area contributed by atoms with Crippen molar-refractivity contribution in [2.75, 3.05) is 11.9 Å². The van der Waals surface area contributed by atoms with Crippen LogP contribution in [0.4, 0.5) is 5.69 Å². The molecule has 3 aromatic rings. The van der Waals surface area contributed by atoms with Crippen molar-refractivity contribution in [2.45, 2.75) is 13.5 Å². The second-order valence-electron chi connectivity index (χ2n) is 6.80. The summed E-state index contributed by atoms with van der Waals surface area (Å²) >= 11 is 6.12. The Labute approximate surface area is 186 Å². The number of hydrogen-bond donors (Lipinski definition) is 1.